The zero-order chi connectivity index (χ0) is 18.8. The molecule has 0 spiro atoms. The first-order chi connectivity index (χ1) is 13.2. The number of aromatic nitrogens is 1. The number of carbonyl (C=O) groups excluding carboxylic acids is 1. The number of hydrogen-bond donors (Lipinski definition) is 0. The van der Waals surface area contributed by atoms with Crippen LogP contribution in [0.3, 0.4) is 0 Å². The molecular formula is C21H19BrN2O2S. The van der Waals surface area contributed by atoms with Crippen molar-refractivity contribution >= 4 is 33.6 Å². The first-order valence-electron chi connectivity index (χ1n) is 8.67. The SMILES string of the molecule is COc1ccc(C2SCCN2C(=O)c2ccc(-n3cccc3)cc2)cc1Br. The predicted octanol–water partition coefficient (Wildman–Crippen LogP) is 5.14. The summed E-state index contributed by atoms with van der Waals surface area (Å²) in [5.74, 6) is 1.79. The van der Waals surface area contributed by atoms with Crippen molar-refractivity contribution < 1.29 is 9.53 Å². The van der Waals surface area contributed by atoms with Gasteiger partial charge in [-0.3, -0.25) is 4.79 Å². The molecule has 138 valence electrons. The van der Waals surface area contributed by atoms with Gasteiger partial charge in [-0.05, 0) is 70.0 Å². The van der Waals surface area contributed by atoms with E-state index in [1.54, 1.807) is 18.9 Å². The van der Waals surface area contributed by atoms with Crippen LogP contribution >= 0.6 is 27.7 Å². The summed E-state index contributed by atoms with van der Waals surface area (Å²) in [5.41, 5.74) is 2.86. The number of thioether (sulfide) groups is 1. The molecule has 4 rings (SSSR count). The zero-order valence-corrected chi connectivity index (χ0v) is 17.2. The standard InChI is InChI=1S/C21H19BrN2O2S/c1-26-19-9-6-16(14-18(19)22)21-24(12-13-27-21)20(25)15-4-7-17(8-5-15)23-10-2-3-11-23/h2-11,14,21H,12-13H2,1H3. The van der Waals surface area contributed by atoms with Crippen LogP contribution in [-0.2, 0) is 0 Å². The molecule has 1 aliphatic heterocycles. The van der Waals surface area contributed by atoms with Gasteiger partial charge in [0, 0.05) is 35.9 Å². The summed E-state index contributed by atoms with van der Waals surface area (Å²) < 4.78 is 8.24. The van der Waals surface area contributed by atoms with Crippen LogP contribution in [-0.4, -0.2) is 34.8 Å². The Hall–Kier alpha value is -2.18. The topological polar surface area (TPSA) is 34.5 Å². The van der Waals surface area contributed by atoms with Crippen LogP contribution in [0.1, 0.15) is 21.3 Å². The maximum atomic E-state index is 13.1. The minimum atomic E-state index is 0.0174. The molecule has 1 saturated heterocycles. The molecule has 1 amide bonds. The number of nitrogens with zero attached hydrogens (tertiary/aromatic N) is 2. The van der Waals surface area contributed by atoms with Crippen molar-refractivity contribution in [1.29, 1.82) is 0 Å². The number of hydrogen-bond acceptors (Lipinski definition) is 3. The Morgan fingerprint density at radius 2 is 1.89 bits per heavy atom. The maximum Gasteiger partial charge on any atom is 0.255 e. The van der Waals surface area contributed by atoms with E-state index in [0.29, 0.717) is 5.56 Å². The molecule has 1 aromatic heterocycles. The molecule has 6 heteroatoms. The van der Waals surface area contributed by atoms with Gasteiger partial charge in [0.25, 0.3) is 5.91 Å². The molecule has 2 aromatic carbocycles. The molecule has 1 aliphatic rings. The molecule has 4 nitrogen and oxygen atoms in total. The van der Waals surface area contributed by atoms with Crippen LogP contribution in [0.4, 0.5) is 0 Å². The van der Waals surface area contributed by atoms with Crippen molar-refractivity contribution in [2.75, 3.05) is 19.4 Å². The Balaban J connectivity index is 1.56. The fraction of sp³-hybridized carbons (Fsp3) is 0.190. The summed E-state index contributed by atoms with van der Waals surface area (Å²) in [6, 6.07) is 17.7. The number of methoxy groups -OCH3 is 1. The normalized spacial score (nSPS) is 16.5. The quantitative estimate of drug-likeness (QED) is 0.561. The van der Waals surface area contributed by atoms with E-state index in [9.17, 15) is 4.79 Å². The largest absolute Gasteiger partial charge is 0.496 e. The summed E-state index contributed by atoms with van der Waals surface area (Å²) in [6.07, 6.45) is 3.98. The van der Waals surface area contributed by atoms with E-state index in [-0.39, 0.29) is 11.3 Å². The molecule has 1 atom stereocenters. The number of carbonyl (C=O) groups is 1. The number of rotatable bonds is 4. The third kappa shape index (κ3) is 3.64. The van der Waals surface area contributed by atoms with Crippen LogP contribution in [0.15, 0.2) is 71.5 Å². The minimum absolute atomic E-state index is 0.0174. The second-order valence-corrected chi connectivity index (χ2v) is 8.30. The smallest absolute Gasteiger partial charge is 0.255 e. The lowest BCUT2D eigenvalue weighted by Gasteiger charge is -2.24. The summed E-state index contributed by atoms with van der Waals surface area (Å²) in [7, 11) is 1.65. The van der Waals surface area contributed by atoms with Gasteiger partial charge in [0.05, 0.1) is 11.6 Å². The minimum Gasteiger partial charge on any atom is -0.496 e. The van der Waals surface area contributed by atoms with Gasteiger partial charge >= 0.3 is 0 Å². The monoisotopic (exact) mass is 442 g/mol. The predicted molar refractivity (Wildman–Crippen MR) is 113 cm³/mol. The highest BCUT2D eigenvalue weighted by atomic mass is 79.9. The lowest BCUT2D eigenvalue weighted by Crippen LogP contribution is -2.30. The van der Waals surface area contributed by atoms with Gasteiger partial charge in [-0.15, -0.1) is 11.8 Å². The molecule has 3 aromatic rings. The van der Waals surface area contributed by atoms with Crippen molar-refractivity contribution in [2.24, 2.45) is 0 Å². The highest BCUT2D eigenvalue weighted by Gasteiger charge is 2.31. The van der Waals surface area contributed by atoms with Gasteiger partial charge in [0.1, 0.15) is 11.1 Å². The number of ether oxygens (including phenoxy) is 1. The number of halogens is 1. The van der Waals surface area contributed by atoms with Crippen LogP contribution in [0, 0.1) is 0 Å². The summed E-state index contributed by atoms with van der Waals surface area (Å²) >= 11 is 5.33. The van der Waals surface area contributed by atoms with Crippen molar-refractivity contribution in [1.82, 2.24) is 9.47 Å². The van der Waals surface area contributed by atoms with Gasteiger partial charge < -0.3 is 14.2 Å². The Kier molecular flexibility index (Phi) is 5.27. The van der Waals surface area contributed by atoms with Crippen molar-refractivity contribution in [3.8, 4) is 11.4 Å². The van der Waals surface area contributed by atoms with Crippen LogP contribution in [0.5, 0.6) is 5.75 Å². The van der Waals surface area contributed by atoms with Gasteiger partial charge in [0.15, 0.2) is 0 Å². The van der Waals surface area contributed by atoms with Crippen molar-refractivity contribution in [3.63, 3.8) is 0 Å². The van der Waals surface area contributed by atoms with Crippen molar-refractivity contribution in [2.45, 2.75) is 5.37 Å². The van der Waals surface area contributed by atoms with Gasteiger partial charge in [-0.1, -0.05) is 6.07 Å². The molecule has 0 N–H and O–H groups in total. The molecule has 1 unspecified atom stereocenters. The number of amides is 1. The summed E-state index contributed by atoms with van der Waals surface area (Å²) in [5, 5.41) is 0.0174. The lowest BCUT2D eigenvalue weighted by molar-refractivity contribution is 0.0760. The highest BCUT2D eigenvalue weighted by Crippen LogP contribution is 2.41. The average molecular weight is 443 g/mol. The zero-order valence-electron chi connectivity index (χ0n) is 14.8. The van der Waals surface area contributed by atoms with E-state index in [1.165, 1.54) is 0 Å². The second kappa shape index (κ2) is 7.82. The molecule has 0 bridgehead atoms. The fourth-order valence-corrected chi connectivity index (χ4v) is 5.04. The first kappa shape index (κ1) is 18.2. The molecule has 0 saturated carbocycles. The van der Waals surface area contributed by atoms with Crippen molar-refractivity contribution in [3.05, 3.63) is 82.6 Å². The molecule has 2 heterocycles. The van der Waals surface area contributed by atoms with Crippen LogP contribution < -0.4 is 4.74 Å². The Morgan fingerprint density at radius 3 is 2.56 bits per heavy atom. The molecular weight excluding hydrogens is 424 g/mol. The summed E-state index contributed by atoms with van der Waals surface area (Å²) in [4.78, 5) is 15.1. The summed E-state index contributed by atoms with van der Waals surface area (Å²) in [6.45, 7) is 0.747. The van der Waals surface area contributed by atoms with Crippen LogP contribution in [0.25, 0.3) is 5.69 Å². The molecule has 0 radical (unpaired) electrons. The molecule has 1 fully saturated rings. The Morgan fingerprint density at radius 1 is 1.15 bits per heavy atom. The van der Waals surface area contributed by atoms with Gasteiger partial charge in [-0.25, -0.2) is 0 Å². The molecule has 0 aliphatic carbocycles. The van der Waals surface area contributed by atoms with Crippen LogP contribution in [0.2, 0.25) is 0 Å². The van der Waals surface area contributed by atoms with E-state index in [2.05, 4.69) is 15.9 Å². The fourth-order valence-electron chi connectivity index (χ4n) is 3.24. The average Bonchev–Trinajstić information content (AvgIpc) is 3.39. The van der Waals surface area contributed by atoms with E-state index in [1.807, 2.05) is 76.5 Å². The van der Waals surface area contributed by atoms with E-state index in [0.717, 1.165) is 33.8 Å². The molecule has 27 heavy (non-hydrogen) atoms. The first-order valence-corrected chi connectivity index (χ1v) is 10.5. The highest BCUT2D eigenvalue weighted by molar-refractivity contribution is 9.10. The van der Waals surface area contributed by atoms with Gasteiger partial charge in [0.2, 0.25) is 0 Å². The Labute approximate surface area is 171 Å². The third-order valence-electron chi connectivity index (χ3n) is 4.63. The van der Waals surface area contributed by atoms with E-state index in [4.69, 9.17) is 4.74 Å². The lowest BCUT2D eigenvalue weighted by atomic mass is 10.1. The maximum absolute atomic E-state index is 13.1. The van der Waals surface area contributed by atoms with Gasteiger partial charge in [-0.2, -0.15) is 0 Å². The Bertz CT molecular complexity index is 941. The number of benzene rings is 2. The van der Waals surface area contributed by atoms with E-state index < -0.39 is 0 Å². The third-order valence-corrected chi connectivity index (χ3v) is 6.51. The van der Waals surface area contributed by atoms with E-state index >= 15 is 0 Å². The second-order valence-electron chi connectivity index (χ2n) is 6.25.